The fourth-order valence-electron chi connectivity index (χ4n) is 6.38. The Morgan fingerprint density at radius 3 is 2.44 bits per heavy atom. The lowest BCUT2D eigenvalue weighted by molar-refractivity contribution is -0.118. The smallest absolute Gasteiger partial charge is 0.335 e. The molecule has 6 rings (SSSR count). The summed E-state index contributed by atoms with van der Waals surface area (Å²) in [5, 5.41) is 10.6. The molecule has 0 bridgehead atoms. The Balaban J connectivity index is 1.17. The van der Waals surface area contributed by atoms with Crippen LogP contribution in [0.15, 0.2) is 48.7 Å². The largest absolute Gasteiger partial charge is 0.478 e. The molecule has 0 unspecified atom stereocenters. The number of anilines is 1. The maximum atomic E-state index is 13.0. The first-order valence-corrected chi connectivity index (χ1v) is 13.3. The second kappa shape index (κ2) is 8.77. The van der Waals surface area contributed by atoms with E-state index in [-0.39, 0.29) is 16.9 Å². The van der Waals surface area contributed by atoms with Gasteiger partial charge in [0.2, 0.25) is 5.91 Å². The van der Waals surface area contributed by atoms with Crippen LogP contribution in [0.2, 0.25) is 0 Å². The van der Waals surface area contributed by atoms with Crippen molar-refractivity contribution in [2.45, 2.75) is 64.5 Å². The third-order valence-electron chi connectivity index (χ3n) is 8.60. The lowest BCUT2D eigenvalue weighted by atomic mass is 9.77. The number of amides is 1. The van der Waals surface area contributed by atoms with Gasteiger partial charge in [-0.1, -0.05) is 12.1 Å². The molecule has 2 aliphatic heterocycles. The Hall–Kier alpha value is -3.12. The molecule has 1 amide bonds. The first-order chi connectivity index (χ1) is 17.3. The molecule has 3 aromatic rings. The third-order valence-corrected chi connectivity index (χ3v) is 8.60. The topological polar surface area (TPSA) is 65.8 Å². The number of hydrogen-bond acceptors (Lipinski definition) is 3. The zero-order valence-electron chi connectivity index (χ0n) is 21.2. The number of aromatic nitrogens is 1. The standard InChI is InChI=1S/C30H35N3O3/c1-20(2)32-18-23(28-25(21-6-7-21)4-3-5-26(28)32)17-31-14-12-30(13-15-31)16-27(34)33(19-30)24-10-8-22(9-11-24)29(35)36/h3-5,8-11,18,20-21H,6-7,12-17,19H2,1-2H3,(H,35,36). The van der Waals surface area contributed by atoms with Crippen molar-refractivity contribution in [3.8, 4) is 0 Å². The molecule has 2 aromatic carbocycles. The van der Waals surface area contributed by atoms with Gasteiger partial charge in [-0.25, -0.2) is 4.79 Å². The monoisotopic (exact) mass is 485 g/mol. The minimum absolute atomic E-state index is 0.0180. The molecular weight excluding hydrogens is 450 g/mol. The van der Waals surface area contributed by atoms with E-state index in [2.05, 4.69) is 47.7 Å². The maximum absolute atomic E-state index is 13.0. The highest BCUT2D eigenvalue weighted by Gasteiger charge is 2.45. The Labute approximate surface area is 212 Å². The number of carbonyl (C=O) groups excluding carboxylic acids is 1. The van der Waals surface area contributed by atoms with Crippen molar-refractivity contribution < 1.29 is 14.7 Å². The summed E-state index contributed by atoms with van der Waals surface area (Å²) in [5.74, 6) is -0.0698. The number of nitrogens with zero attached hydrogens (tertiary/aromatic N) is 3. The predicted octanol–water partition coefficient (Wildman–Crippen LogP) is 5.82. The molecule has 1 aliphatic carbocycles. The van der Waals surface area contributed by atoms with Crippen LogP contribution in [0, 0.1) is 5.41 Å². The highest BCUT2D eigenvalue weighted by molar-refractivity contribution is 5.97. The quantitative estimate of drug-likeness (QED) is 0.478. The number of hydrogen-bond donors (Lipinski definition) is 1. The number of likely N-dealkylation sites (tertiary alicyclic amines) is 1. The van der Waals surface area contributed by atoms with Crippen LogP contribution in [-0.4, -0.2) is 46.1 Å². The number of benzene rings is 2. The first kappa shape index (κ1) is 23.3. The Kier molecular flexibility index (Phi) is 5.67. The zero-order valence-corrected chi connectivity index (χ0v) is 21.2. The van der Waals surface area contributed by atoms with Crippen LogP contribution in [0.3, 0.4) is 0 Å². The molecule has 3 fully saturated rings. The molecule has 36 heavy (non-hydrogen) atoms. The number of piperidine rings is 1. The Morgan fingerprint density at radius 1 is 1.08 bits per heavy atom. The molecule has 0 radical (unpaired) electrons. The van der Waals surface area contributed by atoms with Crippen molar-refractivity contribution in [3.05, 3.63) is 65.4 Å². The number of aromatic carboxylic acids is 1. The van der Waals surface area contributed by atoms with E-state index in [9.17, 15) is 9.59 Å². The van der Waals surface area contributed by atoms with Crippen molar-refractivity contribution in [2.75, 3.05) is 24.5 Å². The van der Waals surface area contributed by atoms with Gasteiger partial charge >= 0.3 is 5.97 Å². The van der Waals surface area contributed by atoms with Crippen molar-refractivity contribution >= 4 is 28.5 Å². The summed E-state index contributed by atoms with van der Waals surface area (Å²) in [7, 11) is 0. The summed E-state index contributed by atoms with van der Waals surface area (Å²) < 4.78 is 2.44. The molecule has 6 heteroatoms. The zero-order chi connectivity index (χ0) is 25.0. The minimum Gasteiger partial charge on any atom is -0.478 e. The SMILES string of the molecule is CC(C)n1cc(CN2CCC3(CC2)CC(=O)N(c2ccc(C(=O)O)cc2)C3)c2c(C3CC3)cccc21. The van der Waals surface area contributed by atoms with Gasteiger partial charge in [-0.05, 0) is 105 Å². The summed E-state index contributed by atoms with van der Waals surface area (Å²) in [6, 6.07) is 14.0. The Bertz CT molecular complexity index is 1310. The van der Waals surface area contributed by atoms with Gasteiger partial charge in [0, 0.05) is 48.3 Å². The molecule has 1 spiro atoms. The summed E-state index contributed by atoms with van der Waals surface area (Å²) in [4.78, 5) is 28.6. The maximum Gasteiger partial charge on any atom is 0.335 e. The molecule has 3 heterocycles. The summed E-state index contributed by atoms with van der Waals surface area (Å²) in [6.07, 6.45) is 7.61. The normalized spacial score (nSPS) is 20.2. The van der Waals surface area contributed by atoms with Gasteiger partial charge in [-0.3, -0.25) is 9.69 Å². The van der Waals surface area contributed by atoms with Crippen LogP contribution < -0.4 is 4.90 Å². The molecule has 1 saturated carbocycles. The van der Waals surface area contributed by atoms with Gasteiger partial charge in [0.05, 0.1) is 5.56 Å². The number of fused-ring (bicyclic) bond motifs is 1. The summed E-state index contributed by atoms with van der Waals surface area (Å²) in [5.41, 5.74) is 5.41. The molecule has 1 N–H and O–H groups in total. The Morgan fingerprint density at radius 2 is 1.81 bits per heavy atom. The summed E-state index contributed by atoms with van der Waals surface area (Å²) in [6.45, 7) is 8.21. The van der Waals surface area contributed by atoms with Gasteiger partial charge in [0.25, 0.3) is 0 Å². The lowest BCUT2D eigenvalue weighted by Gasteiger charge is -2.38. The van der Waals surface area contributed by atoms with Crippen LogP contribution in [0.25, 0.3) is 10.9 Å². The fraction of sp³-hybridized carbons (Fsp3) is 0.467. The molecule has 2 saturated heterocycles. The molecular formula is C30H35N3O3. The molecule has 3 aliphatic rings. The van der Waals surface area contributed by atoms with Crippen LogP contribution in [0.5, 0.6) is 0 Å². The van der Waals surface area contributed by atoms with Gasteiger partial charge < -0.3 is 14.6 Å². The predicted molar refractivity (Wildman–Crippen MR) is 142 cm³/mol. The highest BCUT2D eigenvalue weighted by Crippen LogP contribution is 2.46. The van der Waals surface area contributed by atoms with Crippen molar-refractivity contribution in [3.63, 3.8) is 0 Å². The molecule has 6 nitrogen and oxygen atoms in total. The number of carboxylic acid groups (broad SMARTS) is 1. The van der Waals surface area contributed by atoms with Crippen molar-refractivity contribution in [2.24, 2.45) is 5.41 Å². The van der Waals surface area contributed by atoms with Crippen LogP contribution in [0.4, 0.5) is 5.69 Å². The average molecular weight is 486 g/mol. The van der Waals surface area contributed by atoms with Crippen LogP contribution >= 0.6 is 0 Å². The number of rotatable bonds is 6. The van der Waals surface area contributed by atoms with Crippen molar-refractivity contribution in [1.29, 1.82) is 0 Å². The second-order valence-corrected chi connectivity index (χ2v) is 11.5. The van der Waals surface area contributed by atoms with E-state index in [0.29, 0.717) is 12.5 Å². The van der Waals surface area contributed by atoms with Gasteiger partial charge in [-0.15, -0.1) is 0 Å². The van der Waals surface area contributed by atoms with Crippen molar-refractivity contribution in [1.82, 2.24) is 9.47 Å². The van der Waals surface area contributed by atoms with E-state index >= 15 is 0 Å². The number of carboxylic acids is 1. The molecule has 0 atom stereocenters. The first-order valence-electron chi connectivity index (χ1n) is 13.3. The van der Waals surface area contributed by atoms with Gasteiger partial charge in [0.1, 0.15) is 0 Å². The van der Waals surface area contributed by atoms with E-state index in [4.69, 9.17) is 5.11 Å². The van der Waals surface area contributed by atoms with Gasteiger partial charge in [-0.2, -0.15) is 0 Å². The van der Waals surface area contributed by atoms with E-state index in [1.807, 2.05) is 4.90 Å². The molecule has 188 valence electrons. The van der Waals surface area contributed by atoms with E-state index in [1.165, 1.54) is 34.9 Å². The van der Waals surface area contributed by atoms with Crippen LogP contribution in [-0.2, 0) is 11.3 Å². The van der Waals surface area contributed by atoms with E-state index in [0.717, 1.165) is 50.6 Å². The minimum atomic E-state index is -0.945. The van der Waals surface area contributed by atoms with E-state index < -0.39 is 5.97 Å². The number of carbonyl (C=O) groups is 2. The lowest BCUT2D eigenvalue weighted by Crippen LogP contribution is -2.41. The average Bonchev–Trinajstić information content (AvgIpc) is 3.58. The summed E-state index contributed by atoms with van der Waals surface area (Å²) >= 11 is 0. The van der Waals surface area contributed by atoms with Crippen LogP contribution in [0.1, 0.15) is 79.4 Å². The third kappa shape index (κ3) is 4.11. The van der Waals surface area contributed by atoms with E-state index in [1.54, 1.807) is 24.3 Å². The van der Waals surface area contributed by atoms with Gasteiger partial charge in [0.15, 0.2) is 0 Å². The second-order valence-electron chi connectivity index (χ2n) is 11.5. The fourth-order valence-corrected chi connectivity index (χ4v) is 6.38. The highest BCUT2D eigenvalue weighted by atomic mass is 16.4. The molecule has 1 aromatic heterocycles.